The van der Waals surface area contributed by atoms with Gasteiger partial charge in [0, 0.05) is 49.5 Å². The molecule has 0 aromatic heterocycles. The fourth-order valence-corrected chi connectivity index (χ4v) is 21.9. The Morgan fingerprint density at radius 2 is 1.39 bits per heavy atom. The second-order valence-electron chi connectivity index (χ2n) is 24.6. The molecule has 14 nitrogen and oxygen atoms in total. The average molecular weight is 1150 g/mol. The quantitative estimate of drug-likeness (QED) is 0.0590. The third-order valence-electron chi connectivity index (χ3n) is 19.3. The Kier molecular flexibility index (Phi) is 20.2. The van der Waals surface area contributed by atoms with Crippen LogP contribution in [-0.4, -0.2) is 126 Å². The van der Waals surface area contributed by atoms with Gasteiger partial charge in [-0.25, -0.2) is 4.79 Å². The van der Waals surface area contributed by atoms with Gasteiger partial charge in [-0.2, -0.15) is 0 Å². The van der Waals surface area contributed by atoms with Gasteiger partial charge in [0.15, 0.2) is 42.4 Å². The van der Waals surface area contributed by atoms with Crippen LogP contribution in [0.2, 0.25) is 54.4 Å². The van der Waals surface area contributed by atoms with E-state index in [9.17, 15) is 19.5 Å². The first-order chi connectivity index (χ1) is 35.6. The van der Waals surface area contributed by atoms with Crippen molar-refractivity contribution in [3.05, 3.63) is 47.0 Å². The summed E-state index contributed by atoms with van der Waals surface area (Å²) in [6.07, 6.45) is -5.82. The molecule has 0 spiro atoms. The molecule has 2 aliphatic heterocycles. The van der Waals surface area contributed by atoms with Crippen LogP contribution in [0.15, 0.2) is 41.5 Å². The smallest absolute Gasteiger partial charge is 0.337 e. The highest BCUT2D eigenvalue weighted by atomic mass is 33.1. The van der Waals surface area contributed by atoms with E-state index in [0.29, 0.717) is 59.2 Å². The van der Waals surface area contributed by atoms with Crippen LogP contribution in [0.4, 0.5) is 0 Å². The van der Waals surface area contributed by atoms with Gasteiger partial charge in [0.1, 0.15) is 30.0 Å². The summed E-state index contributed by atoms with van der Waals surface area (Å²) in [6.45, 7) is 31.7. The molecule has 428 valence electrons. The Labute approximate surface area is 465 Å². The Morgan fingerprint density at radius 3 is 1.92 bits per heavy atom. The van der Waals surface area contributed by atoms with E-state index in [-0.39, 0.29) is 49.0 Å². The maximum absolute atomic E-state index is 17.2. The summed E-state index contributed by atoms with van der Waals surface area (Å²) in [5.74, 6) is -2.46. The molecule has 19 heteroatoms. The predicted molar refractivity (Wildman–Crippen MR) is 308 cm³/mol. The summed E-state index contributed by atoms with van der Waals surface area (Å²) >= 11 is 0. The maximum atomic E-state index is 17.2. The molecule has 11 unspecified atom stereocenters. The van der Waals surface area contributed by atoms with E-state index in [2.05, 4.69) is 67.6 Å². The van der Waals surface area contributed by atoms with Crippen LogP contribution in [-0.2, 0) is 56.2 Å². The Balaban J connectivity index is 1.71. The summed E-state index contributed by atoms with van der Waals surface area (Å²) in [5, 5.41) is 17.5. The highest BCUT2D eigenvalue weighted by molar-refractivity contribution is 8.76. The van der Waals surface area contributed by atoms with Gasteiger partial charge in [0.25, 0.3) is 0 Å². The molecule has 1 aromatic carbocycles. The van der Waals surface area contributed by atoms with E-state index in [1.165, 1.54) is 6.92 Å². The van der Waals surface area contributed by atoms with Crippen molar-refractivity contribution in [1.29, 1.82) is 0 Å². The van der Waals surface area contributed by atoms with E-state index < -0.39 is 113 Å². The first kappa shape index (κ1) is 62.9. The standard InChI is InChI=1S/C57H93NO13S2Si3/c1-17-75(18-2,19-3)69-41-34-42-56(36-65-42,68-38(8)59)49-51-57(64)35-40(37(7)45(54(57,12)13)47(50(62)55(41,49)14)71-76(20-4,21-5)22-6)66-52(63)48(70-74(15,16)53(9,10)11)46(39-28-24-23-25-29-39)58-43(60)30-26-32-72-73-33-27-31-44(61)67-51/h23-25,28-29,40-42,46-49,51,64H,17-22,26-27,30-36H2,1-16H3,(H,58,60). The number of carbonyl (C=O) groups excluding carboxylic acids is 5. The minimum absolute atomic E-state index is 0.00482. The fraction of sp³-hybridized carbons (Fsp3) is 0.772. The molecular weight excluding hydrogens is 1060 g/mol. The molecule has 1 amide bonds. The van der Waals surface area contributed by atoms with Crippen molar-refractivity contribution in [3.63, 3.8) is 0 Å². The summed E-state index contributed by atoms with van der Waals surface area (Å²) in [4.78, 5) is 75.6. The van der Waals surface area contributed by atoms with Crippen molar-refractivity contribution < 1.29 is 61.3 Å². The summed E-state index contributed by atoms with van der Waals surface area (Å²) < 4.78 is 49.2. The minimum atomic E-state index is -2.85. The van der Waals surface area contributed by atoms with Gasteiger partial charge in [-0.05, 0) is 97.8 Å². The number of aliphatic hydroxyl groups is 1. The molecular formula is C57H93NO13S2Si3. The van der Waals surface area contributed by atoms with E-state index in [1.54, 1.807) is 21.6 Å². The normalized spacial score (nSPS) is 33.3. The molecule has 4 fully saturated rings. The number of ether oxygens (including phenoxy) is 4. The molecule has 76 heavy (non-hydrogen) atoms. The average Bonchev–Trinajstić information content (AvgIpc) is 3.41. The summed E-state index contributed by atoms with van der Waals surface area (Å²) in [7, 11) is -4.97. The first-order valence-electron chi connectivity index (χ1n) is 28.4. The lowest BCUT2D eigenvalue weighted by molar-refractivity contribution is -0.346. The van der Waals surface area contributed by atoms with Crippen LogP contribution in [0.5, 0.6) is 0 Å². The van der Waals surface area contributed by atoms with Crippen LogP contribution >= 0.6 is 21.6 Å². The molecule has 2 saturated heterocycles. The number of carbonyl (C=O) groups is 5. The van der Waals surface area contributed by atoms with Gasteiger partial charge in [-0.1, -0.05) is 128 Å². The zero-order valence-electron chi connectivity index (χ0n) is 48.8. The van der Waals surface area contributed by atoms with E-state index in [4.69, 9.17) is 32.2 Å². The van der Waals surface area contributed by atoms with Crippen LogP contribution in [0, 0.1) is 16.7 Å². The van der Waals surface area contributed by atoms with Crippen molar-refractivity contribution in [1.82, 2.24) is 5.32 Å². The lowest BCUT2D eigenvalue weighted by atomic mass is 9.44. The second-order valence-corrected chi connectivity index (χ2v) is 41.5. The van der Waals surface area contributed by atoms with Gasteiger partial charge in [-0.15, -0.1) is 0 Å². The molecule has 2 heterocycles. The van der Waals surface area contributed by atoms with Gasteiger partial charge < -0.3 is 42.6 Å². The largest absolute Gasteiger partial charge is 0.459 e. The molecule has 6 rings (SSSR count). The molecule has 3 bridgehead atoms. The number of fused-ring (bicyclic) bond motifs is 6. The molecule has 2 N–H and O–H groups in total. The number of Topliss-reactive ketones (excluding diaryl/α,β-unsaturated/α-hetero) is 1. The fourth-order valence-electron chi connectivity index (χ4n) is 12.9. The molecule has 2 saturated carbocycles. The summed E-state index contributed by atoms with van der Waals surface area (Å²) in [5.41, 5.74) is -5.06. The number of hydrogen-bond acceptors (Lipinski definition) is 15. The zero-order chi connectivity index (χ0) is 56.5. The number of nitrogens with one attached hydrogen (secondary N) is 1. The molecule has 3 aliphatic carbocycles. The van der Waals surface area contributed by atoms with Crippen LogP contribution in [0.1, 0.15) is 147 Å². The highest BCUT2D eigenvalue weighted by Gasteiger charge is 2.79. The van der Waals surface area contributed by atoms with Crippen molar-refractivity contribution in [3.8, 4) is 0 Å². The van der Waals surface area contributed by atoms with E-state index in [0.717, 1.165) is 18.1 Å². The molecule has 1 aromatic rings. The van der Waals surface area contributed by atoms with Crippen LogP contribution < -0.4 is 5.32 Å². The van der Waals surface area contributed by atoms with E-state index in [1.807, 2.05) is 71.1 Å². The predicted octanol–water partition coefficient (Wildman–Crippen LogP) is 11.6. The summed E-state index contributed by atoms with van der Waals surface area (Å²) in [6, 6.07) is 12.8. The zero-order valence-corrected chi connectivity index (χ0v) is 53.4. The second kappa shape index (κ2) is 24.4. The first-order valence-corrected chi connectivity index (χ1v) is 38.8. The van der Waals surface area contributed by atoms with Gasteiger partial charge in [0.05, 0.1) is 30.1 Å². The molecule has 5 aliphatic rings. The Bertz CT molecular complexity index is 2270. The van der Waals surface area contributed by atoms with Crippen LogP contribution in [0.25, 0.3) is 0 Å². The number of benzene rings is 1. The van der Waals surface area contributed by atoms with Crippen molar-refractivity contribution in [2.24, 2.45) is 16.7 Å². The lowest BCUT2D eigenvalue weighted by Gasteiger charge is -2.68. The van der Waals surface area contributed by atoms with E-state index >= 15 is 9.59 Å². The molecule has 11 atom stereocenters. The highest BCUT2D eigenvalue weighted by Crippen LogP contribution is 2.65. The Morgan fingerprint density at radius 1 is 0.829 bits per heavy atom. The number of ketones is 1. The third kappa shape index (κ3) is 11.9. The SMILES string of the molecule is CC[Si](CC)(CC)OC1C(=O)C2(C)C(O[Si](CC)(CC)CC)CC3OCC3(OC(C)=O)C2C2OC(=O)CCCSSCCCC(=O)NC(c3ccccc3)C(O[Si](C)(C)C(C)(C)C)C(=O)OC3CC2(O)C(C)(C)C1=C3C. The maximum Gasteiger partial charge on any atom is 0.337 e. The van der Waals surface area contributed by atoms with Crippen LogP contribution in [0.3, 0.4) is 0 Å². The monoisotopic (exact) mass is 1150 g/mol. The van der Waals surface area contributed by atoms with Crippen molar-refractivity contribution in [2.75, 3.05) is 18.1 Å². The topological polar surface area (TPSA) is 182 Å². The van der Waals surface area contributed by atoms with Crippen molar-refractivity contribution >= 4 is 76.1 Å². The van der Waals surface area contributed by atoms with Crippen molar-refractivity contribution in [2.45, 2.75) is 244 Å². The number of rotatable bonds is 14. The Hall–Kier alpha value is -2.34. The third-order valence-corrected chi connectivity index (χ3v) is 35.6. The van der Waals surface area contributed by atoms with Gasteiger partial charge in [-0.3, -0.25) is 19.2 Å². The lowest BCUT2D eigenvalue weighted by Crippen LogP contribution is -2.82. The number of hydrogen-bond donors (Lipinski definition) is 2. The number of esters is 3. The number of amides is 1. The van der Waals surface area contributed by atoms with Gasteiger partial charge >= 0.3 is 17.9 Å². The minimum Gasteiger partial charge on any atom is -0.459 e. The van der Waals surface area contributed by atoms with Gasteiger partial charge in [0.2, 0.25) is 5.91 Å². The molecule has 0 radical (unpaired) electrons.